The van der Waals surface area contributed by atoms with Crippen LogP contribution < -0.4 is 0 Å². The van der Waals surface area contributed by atoms with Crippen LogP contribution >= 0.6 is 23.1 Å². The first-order valence-corrected chi connectivity index (χ1v) is 8.20. The van der Waals surface area contributed by atoms with E-state index in [4.69, 9.17) is 4.74 Å². The van der Waals surface area contributed by atoms with E-state index in [2.05, 4.69) is 14.8 Å². The molecular weight excluding hydrogens is 294 g/mol. The smallest absolute Gasteiger partial charge is 0.318 e. The van der Waals surface area contributed by atoms with E-state index in [9.17, 15) is 4.79 Å². The lowest BCUT2D eigenvalue weighted by molar-refractivity contribution is -0.139. The van der Waals surface area contributed by atoms with Crippen molar-refractivity contribution in [2.45, 2.75) is 36.2 Å². The Morgan fingerprint density at radius 2 is 2.35 bits per heavy atom. The Bertz CT molecular complexity index is 605. The molecule has 1 aliphatic carbocycles. The first-order chi connectivity index (χ1) is 9.70. The summed E-state index contributed by atoms with van der Waals surface area (Å²) in [5.74, 6) is 0.667. The Hall–Kier alpha value is -1.34. The summed E-state index contributed by atoms with van der Waals surface area (Å²) in [6.07, 6.45) is 2.30. The number of nitrogens with zero attached hydrogens (tertiary/aromatic N) is 3. The predicted octanol–water partition coefficient (Wildman–Crippen LogP) is 3.00. The number of thioether (sulfide) groups is 1. The summed E-state index contributed by atoms with van der Waals surface area (Å²) in [7, 11) is 1.40. The summed E-state index contributed by atoms with van der Waals surface area (Å²) < 4.78 is 6.93. The first-order valence-electron chi connectivity index (χ1n) is 6.44. The lowest BCUT2D eigenvalue weighted by atomic mass is 10.4. The Morgan fingerprint density at radius 1 is 1.55 bits per heavy atom. The predicted molar refractivity (Wildman–Crippen MR) is 78.9 cm³/mol. The highest BCUT2D eigenvalue weighted by molar-refractivity contribution is 8.00. The topological polar surface area (TPSA) is 57.0 Å². The van der Waals surface area contributed by atoms with Crippen molar-refractivity contribution in [3.05, 3.63) is 17.5 Å². The van der Waals surface area contributed by atoms with Crippen LogP contribution in [-0.4, -0.2) is 33.1 Å². The van der Waals surface area contributed by atoms with Gasteiger partial charge in [0.25, 0.3) is 0 Å². The molecule has 0 N–H and O–H groups in total. The lowest BCUT2D eigenvalue weighted by Crippen LogP contribution is -2.15. The van der Waals surface area contributed by atoms with Gasteiger partial charge in [0, 0.05) is 6.04 Å². The second-order valence-electron chi connectivity index (χ2n) is 4.67. The number of hydrogen-bond donors (Lipinski definition) is 0. The minimum absolute atomic E-state index is 0.238. The van der Waals surface area contributed by atoms with Crippen LogP contribution in [-0.2, 0) is 9.53 Å². The van der Waals surface area contributed by atoms with Crippen LogP contribution in [0.2, 0.25) is 0 Å². The largest absolute Gasteiger partial charge is 0.468 e. The highest BCUT2D eigenvalue weighted by Crippen LogP contribution is 2.42. The van der Waals surface area contributed by atoms with Crippen LogP contribution in [0.25, 0.3) is 10.7 Å². The molecule has 0 aromatic carbocycles. The quantitative estimate of drug-likeness (QED) is 0.628. The molecule has 1 atom stereocenters. The third kappa shape index (κ3) is 2.60. The molecule has 0 bridgehead atoms. The normalized spacial score (nSPS) is 16.1. The highest BCUT2D eigenvalue weighted by Gasteiger charge is 2.31. The molecule has 5 nitrogen and oxygen atoms in total. The molecule has 7 heteroatoms. The van der Waals surface area contributed by atoms with Crippen molar-refractivity contribution >= 4 is 29.1 Å². The second-order valence-corrected chi connectivity index (χ2v) is 6.92. The van der Waals surface area contributed by atoms with E-state index < -0.39 is 0 Å². The number of rotatable bonds is 5. The number of thiophene rings is 1. The summed E-state index contributed by atoms with van der Waals surface area (Å²) >= 11 is 3.06. The van der Waals surface area contributed by atoms with Crippen molar-refractivity contribution in [2.75, 3.05) is 7.11 Å². The fourth-order valence-electron chi connectivity index (χ4n) is 1.97. The first kappa shape index (κ1) is 13.6. The van der Waals surface area contributed by atoms with Crippen molar-refractivity contribution in [3.8, 4) is 10.7 Å². The number of ether oxygens (including phenoxy) is 1. The van der Waals surface area contributed by atoms with E-state index in [0.717, 1.165) is 28.7 Å². The van der Waals surface area contributed by atoms with E-state index in [1.54, 1.807) is 11.3 Å². The Kier molecular flexibility index (Phi) is 3.80. The van der Waals surface area contributed by atoms with E-state index in [0.29, 0.717) is 6.04 Å². The molecular formula is C13H15N3O2S2. The molecule has 0 aliphatic heterocycles. The minimum Gasteiger partial charge on any atom is -0.468 e. The monoisotopic (exact) mass is 309 g/mol. The number of carbonyl (C=O) groups is 1. The van der Waals surface area contributed by atoms with Gasteiger partial charge in [0.15, 0.2) is 11.0 Å². The third-order valence-corrected chi connectivity index (χ3v) is 5.03. The van der Waals surface area contributed by atoms with Crippen molar-refractivity contribution in [3.63, 3.8) is 0 Å². The van der Waals surface area contributed by atoms with Gasteiger partial charge in [-0.05, 0) is 31.2 Å². The van der Waals surface area contributed by atoms with Gasteiger partial charge < -0.3 is 4.74 Å². The molecule has 2 heterocycles. The summed E-state index contributed by atoms with van der Waals surface area (Å²) in [5, 5.41) is 11.1. The number of carbonyl (C=O) groups excluding carboxylic acids is 1. The van der Waals surface area contributed by atoms with Gasteiger partial charge in [-0.25, -0.2) is 0 Å². The molecule has 0 radical (unpaired) electrons. The fraction of sp³-hybridized carbons (Fsp3) is 0.462. The highest BCUT2D eigenvalue weighted by atomic mass is 32.2. The molecule has 2 aromatic heterocycles. The number of hydrogen-bond acceptors (Lipinski definition) is 6. The van der Waals surface area contributed by atoms with Gasteiger partial charge in [-0.15, -0.1) is 21.5 Å². The van der Waals surface area contributed by atoms with Gasteiger partial charge in [0.2, 0.25) is 0 Å². The molecule has 106 valence electrons. The van der Waals surface area contributed by atoms with Gasteiger partial charge in [-0.3, -0.25) is 9.36 Å². The van der Waals surface area contributed by atoms with Crippen molar-refractivity contribution in [1.82, 2.24) is 14.8 Å². The zero-order chi connectivity index (χ0) is 14.1. The molecule has 0 amide bonds. The van der Waals surface area contributed by atoms with Crippen molar-refractivity contribution < 1.29 is 9.53 Å². The molecule has 0 spiro atoms. The van der Waals surface area contributed by atoms with Gasteiger partial charge in [-0.2, -0.15) is 0 Å². The summed E-state index contributed by atoms with van der Waals surface area (Å²) in [5.41, 5.74) is 0. The molecule has 1 fully saturated rings. The zero-order valence-electron chi connectivity index (χ0n) is 11.3. The molecule has 0 saturated heterocycles. The van der Waals surface area contributed by atoms with E-state index in [-0.39, 0.29) is 11.2 Å². The van der Waals surface area contributed by atoms with Gasteiger partial charge in [0.1, 0.15) is 5.25 Å². The summed E-state index contributed by atoms with van der Waals surface area (Å²) in [6, 6.07) is 4.52. The molecule has 3 rings (SSSR count). The second kappa shape index (κ2) is 5.57. The number of esters is 1. The maximum absolute atomic E-state index is 11.5. The molecule has 1 aliphatic rings. The Balaban J connectivity index is 1.90. The van der Waals surface area contributed by atoms with E-state index in [1.807, 2.05) is 24.4 Å². The standard InChI is InChI=1S/C13H15N3O2S2/c1-8(12(17)18-2)20-13-15-14-11(10-4-3-7-19-10)16(13)9-5-6-9/h3-4,7-9H,5-6H2,1-2H3/t8-/m0/s1. The summed E-state index contributed by atoms with van der Waals surface area (Å²) in [6.45, 7) is 1.83. The number of aromatic nitrogens is 3. The third-order valence-electron chi connectivity index (χ3n) is 3.13. The van der Waals surface area contributed by atoms with Crippen LogP contribution in [0.3, 0.4) is 0 Å². The van der Waals surface area contributed by atoms with Crippen molar-refractivity contribution in [2.24, 2.45) is 0 Å². The Labute approximate surface area is 125 Å². The maximum Gasteiger partial charge on any atom is 0.318 e. The SMILES string of the molecule is COC(=O)[C@H](C)Sc1nnc(-c2cccs2)n1C1CC1. The zero-order valence-corrected chi connectivity index (χ0v) is 12.9. The average molecular weight is 309 g/mol. The molecule has 0 unspecified atom stereocenters. The van der Waals surface area contributed by atoms with E-state index in [1.165, 1.54) is 18.9 Å². The number of methoxy groups -OCH3 is 1. The van der Waals surface area contributed by atoms with E-state index >= 15 is 0 Å². The molecule has 2 aromatic rings. The van der Waals surface area contributed by atoms with Crippen LogP contribution in [0.5, 0.6) is 0 Å². The Morgan fingerprint density at radius 3 is 2.95 bits per heavy atom. The summed E-state index contributed by atoms with van der Waals surface area (Å²) in [4.78, 5) is 12.7. The molecule has 1 saturated carbocycles. The van der Waals surface area contributed by atoms with Gasteiger partial charge >= 0.3 is 5.97 Å². The van der Waals surface area contributed by atoms with Crippen molar-refractivity contribution in [1.29, 1.82) is 0 Å². The van der Waals surface area contributed by atoms with Gasteiger partial charge in [0.05, 0.1) is 12.0 Å². The average Bonchev–Trinajstić information content (AvgIpc) is 2.99. The van der Waals surface area contributed by atoms with Crippen LogP contribution in [0.15, 0.2) is 22.7 Å². The molecule has 20 heavy (non-hydrogen) atoms. The van der Waals surface area contributed by atoms with Crippen LogP contribution in [0.1, 0.15) is 25.8 Å². The van der Waals surface area contributed by atoms with Crippen LogP contribution in [0, 0.1) is 0 Å². The lowest BCUT2D eigenvalue weighted by Gasteiger charge is -2.10. The fourth-order valence-corrected chi connectivity index (χ4v) is 3.62. The van der Waals surface area contributed by atoms with Crippen LogP contribution in [0.4, 0.5) is 0 Å². The maximum atomic E-state index is 11.5. The minimum atomic E-state index is -0.280. The van der Waals surface area contributed by atoms with Gasteiger partial charge in [-0.1, -0.05) is 17.8 Å².